The third kappa shape index (κ3) is 3.04. The van der Waals surface area contributed by atoms with Gasteiger partial charge in [0.1, 0.15) is 24.8 Å². The zero-order chi connectivity index (χ0) is 19.7. The maximum absolute atomic E-state index is 13.7. The summed E-state index contributed by atoms with van der Waals surface area (Å²) in [5.41, 5.74) is 1.58. The molecule has 1 aromatic carbocycles. The number of aromatic nitrogens is 3. The van der Waals surface area contributed by atoms with Crippen LogP contribution in [0.1, 0.15) is 0 Å². The lowest BCUT2D eigenvalue weighted by Gasteiger charge is -2.23. The first kappa shape index (κ1) is 18.2. The minimum absolute atomic E-state index is 0.0888. The molecule has 0 aliphatic rings. The first-order chi connectivity index (χ1) is 13.6. The van der Waals surface area contributed by atoms with Crippen molar-refractivity contribution in [2.75, 3.05) is 24.8 Å². The second kappa shape index (κ2) is 7.46. The number of anilines is 2. The van der Waals surface area contributed by atoms with Crippen LogP contribution in [0.3, 0.4) is 0 Å². The Kier molecular flexibility index (Phi) is 4.85. The molecule has 0 radical (unpaired) electrons. The molecular formula is C20H16F4N4. The number of aryl methyl sites for hydroxylation is 1. The van der Waals surface area contributed by atoms with E-state index >= 15 is 0 Å². The fourth-order valence-electron chi connectivity index (χ4n) is 3.37. The molecule has 28 heavy (non-hydrogen) atoms. The van der Waals surface area contributed by atoms with Gasteiger partial charge in [-0.05, 0) is 30.3 Å². The molecule has 0 bridgehead atoms. The number of alkyl halides is 2. The number of fused-ring (bicyclic) bond motifs is 3. The van der Waals surface area contributed by atoms with Crippen LogP contribution in [0.5, 0.6) is 0 Å². The van der Waals surface area contributed by atoms with E-state index in [0.717, 1.165) is 28.4 Å². The molecule has 0 aliphatic heterocycles. The third-order valence-corrected chi connectivity index (χ3v) is 4.60. The van der Waals surface area contributed by atoms with Crippen LogP contribution >= 0.6 is 0 Å². The summed E-state index contributed by atoms with van der Waals surface area (Å²) >= 11 is 0. The summed E-state index contributed by atoms with van der Waals surface area (Å²) in [4.78, 5) is 10.2. The maximum atomic E-state index is 13.7. The van der Waals surface area contributed by atoms with Gasteiger partial charge in [-0.25, -0.2) is 22.5 Å². The number of hydrogen-bond acceptors (Lipinski definition) is 3. The summed E-state index contributed by atoms with van der Waals surface area (Å²) in [6.07, 6.45) is 3.30. The highest BCUT2D eigenvalue weighted by molar-refractivity contribution is 6.06. The van der Waals surface area contributed by atoms with Crippen molar-refractivity contribution in [1.82, 2.24) is 14.5 Å². The second-order valence-electron chi connectivity index (χ2n) is 6.21. The normalized spacial score (nSPS) is 11.4. The van der Waals surface area contributed by atoms with Crippen molar-refractivity contribution in [2.24, 2.45) is 0 Å². The predicted molar refractivity (Wildman–Crippen MR) is 100 cm³/mol. The number of halogens is 4. The van der Waals surface area contributed by atoms with Crippen molar-refractivity contribution in [2.45, 2.75) is 6.54 Å². The molecule has 0 fully saturated rings. The summed E-state index contributed by atoms with van der Waals surface area (Å²) in [7, 11) is 0. The lowest BCUT2D eigenvalue weighted by atomic mass is 10.2. The van der Waals surface area contributed by atoms with Gasteiger partial charge in [0.2, 0.25) is 0 Å². The zero-order valence-corrected chi connectivity index (χ0v) is 14.7. The lowest BCUT2D eigenvalue weighted by molar-refractivity contribution is 0.454. The van der Waals surface area contributed by atoms with Crippen LogP contribution < -0.4 is 4.90 Å². The van der Waals surface area contributed by atoms with Crippen molar-refractivity contribution in [3.63, 3.8) is 0 Å². The maximum Gasteiger partial charge on any atom is 0.160 e. The summed E-state index contributed by atoms with van der Waals surface area (Å²) in [5, 5.41) is 1.61. The Morgan fingerprint density at radius 1 is 0.929 bits per heavy atom. The van der Waals surface area contributed by atoms with Gasteiger partial charge in [-0.15, -0.1) is 0 Å². The van der Waals surface area contributed by atoms with Crippen molar-refractivity contribution < 1.29 is 17.6 Å². The van der Waals surface area contributed by atoms with Crippen LogP contribution in [0.25, 0.3) is 21.9 Å². The van der Waals surface area contributed by atoms with E-state index < -0.39 is 25.0 Å². The van der Waals surface area contributed by atoms with Crippen LogP contribution in [0, 0.1) is 11.6 Å². The Bertz CT molecular complexity index is 1140. The molecule has 4 aromatic rings. The molecule has 4 rings (SSSR count). The van der Waals surface area contributed by atoms with E-state index in [0.29, 0.717) is 11.5 Å². The first-order valence-corrected chi connectivity index (χ1v) is 8.71. The highest BCUT2D eigenvalue weighted by Crippen LogP contribution is 2.31. The Balaban J connectivity index is 1.90. The topological polar surface area (TPSA) is 34.0 Å². The standard InChI is InChI=1S/C20H16F4N4/c21-6-9-27(13-1-3-16(23)17(24)11-13)19-4-2-14-15-12-25-8-5-18(15)28(10-7-22)20(14)26-19/h1-5,8,11-12H,6-7,9-10H2. The van der Waals surface area contributed by atoms with Gasteiger partial charge < -0.3 is 9.47 Å². The Labute approximate surface area is 158 Å². The molecule has 3 heterocycles. The molecule has 8 heteroatoms. The predicted octanol–water partition coefficient (Wildman–Crippen LogP) is 4.94. The number of hydrogen-bond donors (Lipinski definition) is 0. The summed E-state index contributed by atoms with van der Waals surface area (Å²) in [6, 6.07) is 8.59. The number of nitrogens with zero attached hydrogens (tertiary/aromatic N) is 4. The summed E-state index contributed by atoms with van der Waals surface area (Å²) in [5.74, 6) is -1.66. The van der Waals surface area contributed by atoms with Gasteiger partial charge in [-0.2, -0.15) is 0 Å². The molecule has 0 atom stereocenters. The average Bonchev–Trinajstić information content (AvgIpc) is 3.02. The van der Waals surface area contributed by atoms with Crippen molar-refractivity contribution in [3.05, 3.63) is 60.4 Å². The molecule has 0 spiro atoms. The van der Waals surface area contributed by atoms with E-state index in [1.165, 1.54) is 11.0 Å². The average molecular weight is 388 g/mol. The first-order valence-electron chi connectivity index (χ1n) is 8.71. The highest BCUT2D eigenvalue weighted by atomic mass is 19.2. The van der Waals surface area contributed by atoms with Gasteiger partial charge in [0.15, 0.2) is 11.6 Å². The number of pyridine rings is 2. The van der Waals surface area contributed by atoms with Crippen LogP contribution in [0.4, 0.5) is 29.1 Å². The molecule has 0 unspecified atom stereocenters. The largest absolute Gasteiger partial charge is 0.324 e. The number of benzene rings is 1. The minimum Gasteiger partial charge on any atom is -0.324 e. The molecule has 4 nitrogen and oxygen atoms in total. The van der Waals surface area contributed by atoms with Gasteiger partial charge in [0.25, 0.3) is 0 Å². The fraction of sp³-hybridized carbons (Fsp3) is 0.200. The Morgan fingerprint density at radius 3 is 2.54 bits per heavy atom. The lowest BCUT2D eigenvalue weighted by Crippen LogP contribution is -2.21. The van der Waals surface area contributed by atoms with Gasteiger partial charge in [-0.3, -0.25) is 4.98 Å². The smallest absolute Gasteiger partial charge is 0.160 e. The fourth-order valence-corrected chi connectivity index (χ4v) is 3.37. The third-order valence-electron chi connectivity index (χ3n) is 4.60. The molecule has 0 saturated heterocycles. The Morgan fingerprint density at radius 2 is 1.79 bits per heavy atom. The van der Waals surface area contributed by atoms with Crippen LogP contribution in [0.15, 0.2) is 48.8 Å². The van der Waals surface area contributed by atoms with E-state index in [1.807, 2.05) is 0 Å². The van der Waals surface area contributed by atoms with E-state index in [4.69, 9.17) is 0 Å². The number of rotatable bonds is 6. The minimum atomic E-state index is -1.03. The molecule has 0 aliphatic carbocycles. The molecule has 0 N–H and O–H groups in total. The van der Waals surface area contributed by atoms with Crippen molar-refractivity contribution in [1.29, 1.82) is 0 Å². The quantitative estimate of drug-likeness (QED) is 0.439. The van der Waals surface area contributed by atoms with Crippen LogP contribution in [-0.2, 0) is 6.54 Å². The van der Waals surface area contributed by atoms with Crippen molar-refractivity contribution in [3.8, 4) is 0 Å². The molecule has 0 amide bonds. The van der Waals surface area contributed by atoms with Gasteiger partial charge in [-0.1, -0.05) is 0 Å². The molecule has 0 saturated carbocycles. The SMILES string of the molecule is FCCN(c1ccc(F)c(F)c1)c1ccc2c3cnccc3n(CCF)c2n1. The monoisotopic (exact) mass is 388 g/mol. The molecule has 144 valence electrons. The zero-order valence-electron chi connectivity index (χ0n) is 14.7. The molecule has 3 aromatic heterocycles. The van der Waals surface area contributed by atoms with Crippen LogP contribution in [-0.4, -0.2) is 34.4 Å². The Hall–Kier alpha value is -3.16. The molecular weight excluding hydrogens is 372 g/mol. The van der Waals surface area contributed by atoms with E-state index in [1.54, 1.807) is 35.2 Å². The van der Waals surface area contributed by atoms with Gasteiger partial charge >= 0.3 is 0 Å². The summed E-state index contributed by atoms with van der Waals surface area (Å²) in [6.45, 7) is -1.27. The van der Waals surface area contributed by atoms with E-state index in [2.05, 4.69) is 9.97 Å². The van der Waals surface area contributed by atoms with Crippen LogP contribution in [0.2, 0.25) is 0 Å². The van der Waals surface area contributed by atoms with Gasteiger partial charge in [0, 0.05) is 34.9 Å². The van der Waals surface area contributed by atoms with E-state index in [-0.39, 0.29) is 18.8 Å². The van der Waals surface area contributed by atoms with Gasteiger partial charge in [0.05, 0.1) is 18.6 Å². The highest BCUT2D eigenvalue weighted by Gasteiger charge is 2.17. The summed E-state index contributed by atoms with van der Waals surface area (Å²) < 4.78 is 55.0. The van der Waals surface area contributed by atoms with E-state index in [9.17, 15) is 17.6 Å². The van der Waals surface area contributed by atoms with Crippen molar-refractivity contribution >= 4 is 33.4 Å². The second-order valence-corrected chi connectivity index (χ2v) is 6.21.